The summed E-state index contributed by atoms with van der Waals surface area (Å²) in [6.45, 7) is 0.699. The van der Waals surface area contributed by atoms with E-state index in [2.05, 4.69) is 10.1 Å². The second-order valence-corrected chi connectivity index (χ2v) is 9.21. The summed E-state index contributed by atoms with van der Waals surface area (Å²) in [5.41, 5.74) is 0.445. The molecule has 0 atom stereocenters. The van der Waals surface area contributed by atoms with Gasteiger partial charge in [-0.25, -0.2) is 9.78 Å². The average molecular weight is 497 g/mol. The van der Waals surface area contributed by atoms with Gasteiger partial charge in [-0.2, -0.15) is 5.10 Å². The van der Waals surface area contributed by atoms with Crippen LogP contribution in [-0.2, 0) is 6.54 Å². The number of methoxy groups -OCH3 is 1. The number of nitrogens with zero attached hydrogens (tertiary/aromatic N) is 4. The van der Waals surface area contributed by atoms with Crippen LogP contribution in [0.25, 0.3) is 32.0 Å². The molecule has 0 saturated carbocycles. The molecule has 3 heterocycles. The lowest BCUT2D eigenvalue weighted by atomic mass is 10.0. The molecule has 0 saturated heterocycles. The van der Waals surface area contributed by atoms with Crippen molar-refractivity contribution in [3.8, 4) is 5.75 Å². The summed E-state index contributed by atoms with van der Waals surface area (Å²) in [7, 11) is 1.60. The van der Waals surface area contributed by atoms with Gasteiger partial charge in [-0.15, -0.1) is 0 Å². The van der Waals surface area contributed by atoms with Crippen molar-refractivity contribution in [2.45, 2.75) is 6.54 Å². The van der Waals surface area contributed by atoms with Crippen molar-refractivity contribution in [1.82, 2.24) is 14.8 Å². The summed E-state index contributed by atoms with van der Waals surface area (Å²) >= 11 is 1.36. The Kier molecular flexibility index (Phi) is 5.46. The number of amides is 1. The van der Waals surface area contributed by atoms with Gasteiger partial charge < -0.3 is 9.15 Å². The Morgan fingerprint density at radius 2 is 1.97 bits per heavy atom. The highest BCUT2D eigenvalue weighted by Gasteiger charge is 2.25. The summed E-state index contributed by atoms with van der Waals surface area (Å²) in [5, 5.41) is 7.32. The van der Waals surface area contributed by atoms with Crippen molar-refractivity contribution in [3.05, 3.63) is 95.1 Å². The SMILES string of the molecule is COc1ccc2nc(N(CCn3cccn3)C(=O)c3cc4c(ccc5ccccc54)oc3=O)sc2c1. The highest BCUT2D eigenvalue weighted by molar-refractivity contribution is 7.22. The van der Waals surface area contributed by atoms with Crippen LogP contribution >= 0.6 is 11.3 Å². The van der Waals surface area contributed by atoms with Crippen LogP contribution in [0.1, 0.15) is 10.4 Å². The molecule has 1 amide bonds. The average Bonchev–Trinajstić information content (AvgIpc) is 3.57. The molecule has 6 aromatic rings. The lowest BCUT2D eigenvalue weighted by Crippen LogP contribution is -2.36. The molecule has 3 aromatic carbocycles. The molecule has 8 nitrogen and oxygen atoms in total. The summed E-state index contributed by atoms with van der Waals surface area (Å²) in [4.78, 5) is 33.1. The number of benzene rings is 3. The van der Waals surface area contributed by atoms with Crippen LogP contribution in [0, 0.1) is 0 Å². The zero-order chi connectivity index (χ0) is 24.6. The van der Waals surface area contributed by atoms with Gasteiger partial charge in [0, 0.05) is 24.3 Å². The molecule has 6 rings (SSSR count). The number of carbonyl (C=O) groups excluding carboxylic acids is 1. The molecular weight excluding hydrogens is 476 g/mol. The molecule has 0 aliphatic rings. The van der Waals surface area contributed by atoms with Crippen LogP contribution < -0.4 is 15.3 Å². The molecule has 0 unspecified atom stereocenters. The first-order valence-electron chi connectivity index (χ1n) is 11.3. The van der Waals surface area contributed by atoms with E-state index in [-0.39, 0.29) is 12.1 Å². The maximum absolute atomic E-state index is 13.9. The van der Waals surface area contributed by atoms with Gasteiger partial charge in [0.05, 0.1) is 23.9 Å². The fourth-order valence-corrected chi connectivity index (χ4v) is 5.24. The first-order valence-corrected chi connectivity index (χ1v) is 12.1. The molecule has 0 N–H and O–H groups in total. The lowest BCUT2D eigenvalue weighted by molar-refractivity contribution is 0.0982. The number of hydrogen-bond donors (Lipinski definition) is 0. The van der Waals surface area contributed by atoms with E-state index in [0.717, 1.165) is 21.0 Å². The molecule has 36 heavy (non-hydrogen) atoms. The molecule has 178 valence electrons. The zero-order valence-corrected chi connectivity index (χ0v) is 20.1. The number of thiazole rings is 1. The normalized spacial score (nSPS) is 11.4. The number of rotatable bonds is 6. The van der Waals surface area contributed by atoms with Gasteiger partial charge in [0.1, 0.15) is 16.9 Å². The van der Waals surface area contributed by atoms with Crippen LogP contribution in [0.15, 0.2) is 88.3 Å². The van der Waals surface area contributed by atoms with Crippen molar-refractivity contribution in [3.63, 3.8) is 0 Å². The van der Waals surface area contributed by atoms with E-state index in [1.54, 1.807) is 30.1 Å². The van der Waals surface area contributed by atoms with Crippen molar-refractivity contribution in [1.29, 1.82) is 0 Å². The molecule has 0 aliphatic heterocycles. The minimum absolute atomic E-state index is 0.0452. The second kappa shape index (κ2) is 8.94. The Balaban J connectivity index is 1.46. The monoisotopic (exact) mass is 496 g/mol. The van der Waals surface area contributed by atoms with E-state index in [0.29, 0.717) is 28.4 Å². The van der Waals surface area contributed by atoms with Gasteiger partial charge in [-0.3, -0.25) is 14.4 Å². The minimum atomic E-state index is -0.686. The number of ether oxygens (including phenoxy) is 1. The van der Waals surface area contributed by atoms with Crippen molar-refractivity contribution < 1.29 is 13.9 Å². The third kappa shape index (κ3) is 3.89. The number of anilines is 1. The lowest BCUT2D eigenvalue weighted by Gasteiger charge is -2.19. The Morgan fingerprint density at radius 1 is 1.08 bits per heavy atom. The van der Waals surface area contributed by atoms with Crippen LogP contribution in [0.4, 0.5) is 5.13 Å². The van der Waals surface area contributed by atoms with Crippen LogP contribution in [-0.4, -0.2) is 34.3 Å². The maximum atomic E-state index is 13.9. The number of aromatic nitrogens is 3. The molecule has 0 radical (unpaired) electrons. The smallest absolute Gasteiger partial charge is 0.349 e. The molecule has 0 spiro atoms. The van der Waals surface area contributed by atoms with Gasteiger partial charge in [0.2, 0.25) is 0 Å². The topological polar surface area (TPSA) is 90.5 Å². The van der Waals surface area contributed by atoms with E-state index in [1.807, 2.05) is 60.8 Å². The van der Waals surface area contributed by atoms with Crippen molar-refractivity contribution in [2.75, 3.05) is 18.6 Å². The van der Waals surface area contributed by atoms with Crippen LogP contribution in [0.3, 0.4) is 0 Å². The van der Waals surface area contributed by atoms with Crippen LogP contribution in [0.5, 0.6) is 5.75 Å². The molecule has 0 fully saturated rings. The van der Waals surface area contributed by atoms with Gasteiger partial charge in [-0.1, -0.05) is 41.7 Å². The first kappa shape index (κ1) is 22.0. The van der Waals surface area contributed by atoms with E-state index < -0.39 is 11.5 Å². The summed E-state index contributed by atoms with van der Waals surface area (Å²) in [6.07, 6.45) is 3.50. The number of fused-ring (bicyclic) bond motifs is 4. The Bertz CT molecular complexity index is 1790. The van der Waals surface area contributed by atoms with Gasteiger partial charge in [0.15, 0.2) is 5.13 Å². The highest BCUT2D eigenvalue weighted by Crippen LogP contribution is 2.32. The number of carbonyl (C=O) groups is 1. The largest absolute Gasteiger partial charge is 0.497 e. The second-order valence-electron chi connectivity index (χ2n) is 8.20. The summed E-state index contributed by atoms with van der Waals surface area (Å²) in [6, 6.07) is 20.4. The zero-order valence-electron chi connectivity index (χ0n) is 19.2. The molecule has 9 heteroatoms. The molecular formula is C27H20N4O4S. The number of hydrogen-bond acceptors (Lipinski definition) is 7. The van der Waals surface area contributed by atoms with Gasteiger partial charge in [0.25, 0.3) is 5.91 Å². The van der Waals surface area contributed by atoms with E-state index in [9.17, 15) is 9.59 Å². The first-order chi connectivity index (χ1) is 17.6. The molecule has 0 bridgehead atoms. The van der Waals surface area contributed by atoms with E-state index in [4.69, 9.17) is 9.15 Å². The quantitative estimate of drug-likeness (QED) is 0.235. The fraction of sp³-hybridized carbons (Fsp3) is 0.111. The minimum Gasteiger partial charge on any atom is -0.497 e. The Labute approximate surface area is 209 Å². The Morgan fingerprint density at radius 3 is 2.81 bits per heavy atom. The van der Waals surface area contributed by atoms with E-state index >= 15 is 0 Å². The summed E-state index contributed by atoms with van der Waals surface area (Å²) < 4.78 is 13.5. The third-order valence-electron chi connectivity index (χ3n) is 6.04. The van der Waals surface area contributed by atoms with Gasteiger partial charge >= 0.3 is 5.63 Å². The van der Waals surface area contributed by atoms with Gasteiger partial charge in [-0.05, 0) is 47.2 Å². The third-order valence-corrected chi connectivity index (χ3v) is 7.09. The van der Waals surface area contributed by atoms with E-state index in [1.165, 1.54) is 16.2 Å². The summed E-state index contributed by atoms with van der Waals surface area (Å²) in [5.74, 6) is 0.228. The molecule has 3 aromatic heterocycles. The fourth-order valence-electron chi connectivity index (χ4n) is 4.22. The Hall–Kier alpha value is -4.50. The predicted octanol–water partition coefficient (Wildman–Crippen LogP) is 5.11. The van der Waals surface area contributed by atoms with Crippen LogP contribution in [0.2, 0.25) is 0 Å². The molecule has 0 aliphatic carbocycles. The van der Waals surface area contributed by atoms with Crippen molar-refractivity contribution in [2.24, 2.45) is 0 Å². The highest BCUT2D eigenvalue weighted by atomic mass is 32.1. The standard InChI is InChI=1S/C27H20N4O4S/c1-34-18-8-9-22-24(15-18)36-27(29-22)31(14-13-30-12-4-11-28-30)25(32)21-16-20-19-6-3-2-5-17(19)7-10-23(20)35-26(21)33/h2-12,15-16H,13-14H2,1H3. The predicted molar refractivity (Wildman–Crippen MR) is 140 cm³/mol. The maximum Gasteiger partial charge on any atom is 0.349 e. The van der Waals surface area contributed by atoms with Crippen molar-refractivity contribution >= 4 is 54.3 Å².